The number of fused-ring (bicyclic) bond motifs is 1. The molecule has 0 aliphatic rings. The van der Waals surface area contributed by atoms with Gasteiger partial charge in [0.25, 0.3) is 0 Å². The van der Waals surface area contributed by atoms with Crippen LogP contribution in [0, 0.1) is 5.82 Å². The third kappa shape index (κ3) is 4.08. The first kappa shape index (κ1) is 18.7. The summed E-state index contributed by atoms with van der Waals surface area (Å²) in [5, 5.41) is 0.772. The van der Waals surface area contributed by atoms with Crippen LogP contribution in [0.15, 0.2) is 72.8 Å². The number of rotatable bonds is 6. The van der Waals surface area contributed by atoms with Crippen molar-refractivity contribution in [2.24, 2.45) is 0 Å². The fraction of sp³-hybridized carbons (Fsp3) is 0.174. The van der Waals surface area contributed by atoms with E-state index in [2.05, 4.69) is 22.6 Å². The molecule has 0 amide bonds. The molecule has 0 bridgehead atoms. The van der Waals surface area contributed by atoms with E-state index in [1.165, 1.54) is 12.1 Å². The highest BCUT2D eigenvalue weighted by atomic mass is 35.5. The Labute approximate surface area is 169 Å². The van der Waals surface area contributed by atoms with Gasteiger partial charge in [-0.3, -0.25) is 4.90 Å². The number of hydrogen-bond acceptors (Lipinski definition) is 2. The lowest BCUT2D eigenvalue weighted by Crippen LogP contribution is -2.20. The van der Waals surface area contributed by atoms with E-state index >= 15 is 0 Å². The van der Waals surface area contributed by atoms with Crippen molar-refractivity contribution in [3.63, 3.8) is 0 Å². The molecule has 0 aliphatic carbocycles. The Bertz CT molecular complexity index is 1090. The van der Waals surface area contributed by atoms with Gasteiger partial charge in [0, 0.05) is 18.1 Å². The van der Waals surface area contributed by atoms with Crippen LogP contribution in [0.4, 0.5) is 4.39 Å². The molecule has 0 atom stereocenters. The molecule has 4 aromatic rings. The summed E-state index contributed by atoms with van der Waals surface area (Å²) in [6.07, 6.45) is 0. The van der Waals surface area contributed by atoms with Crippen LogP contribution in [0.2, 0.25) is 5.02 Å². The van der Waals surface area contributed by atoms with Crippen molar-refractivity contribution in [1.82, 2.24) is 14.5 Å². The molecule has 142 valence electrons. The number of aromatic nitrogens is 2. The van der Waals surface area contributed by atoms with Crippen LogP contribution in [0.25, 0.3) is 11.0 Å². The quantitative estimate of drug-likeness (QED) is 0.430. The second kappa shape index (κ2) is 8.13. The van der Waals surface area contributed by atoms with Gasteiger partial charge in [-0.2, -0.15) is 0 Å². The first-order valence-corrected chi connectivity index (χ1v) is 9.58. The number of hydrogen-bond donors (Lipinski definition) is 0. The van der Waals surface area contributed by atoms with E-state index in [0.717, 1.165) is 39.6 Å². The summed E-state index contributed by atoms with van der Waals surface area (Å²) < 4.78 is 15.5. The van der Waals surface area contributed by atoms with Gasteiger partial charge in [0.05, 0.1) is 17.6 Å². The van der Waals surface area contributed by atoms with Crippen molar-refractivity contribution in [2.45, 2.75) is 19.6 Å². The Morgan fingerprint density at radius 1 is 0.929 bits per heavy atom. The Morgan fingerprint density at radius 3 is 2.43 bits per heavy atom. The maximum Gasteiger partial charge on any atom is 0.124 e. The highest BCUT2D eigenvalue weighted by Crippen LogP contribution is 2.21. The first-order valence-electron chi connectivity index (χ1n) is 9.21. The summed E-state index contributed by atoms with van der Waals surface area (Å²) in [7, 11) is 2.06. The molecule has 3 nitrogen and oxygen atoms in total. The van der Waals surface area contributed by atoms with Crippen molar-refractivity contribution < 1.29 is 4.39 Å². The molecule has 0 aliphatic heterocycles. The largest absolute Gasteiger partial charge is 0.322 e. The van der Waals surface area contributed by atoms with Crippen LogP contribution in [0.3, 0.4) is 0 Å². The Hall–Kier alpha value is -2.69. The Morgan fingerprint density at radius 2 is 1.64 bits per heavy atom. The van der Waals surface area contributed by atoms with Crippen LogP contribution in [0.1, 0.15) is 17.0 Å². The third-order valence-corrected chi connectivity index (χ3v) is 5.17. The van der Waals surface area contributed by atoms with Crippen molar-refractivity contribution in [3.8, 4) is 0 Å². The van der Waals surface area contributed by atoms with Crippen LogP contribution < -0.4 is 0 Å². The molecule has 0 radical (unpaired) electrons. The minimum absolute atomic E-state index is 0.223. The molecule has 0 N–H and O–H groups in total. The molecule has 1 heterocycles. The normalized spacial score (nSPS) is 11.4. The average molecular weight is 394 g/mol. The van der Waals surface area contributed by atoms with Gasteiger partial charge in [-0.05, 0) is 48.5 Å². The number of para-hydroxylation sites is 2. The van der Waals surface area contributed by atoms with Gasteiger partial charge in [-0.15, -0.1) is 0 Å². The summed E-state index contributed by atoms with van der Waals surface area (Å²) in [6.45, 7) is 2.07. The number of imidazole rings is 1. The molecule has 0 fully saturated rings. The molecule has 28 heavy (non-hydrogen) atoms. The number of nitrogens with zero attached hydrogens (tertiary/aromatic N) is 3. The minimum Gasteiger partial charge on any atom is -0.322 e. The topological polar surface area (TPSA) is 21.1 Å². The predicted molar refractivity (Wildman–Crippen MR) is 112 cm³/mol. The highest BCUT2D eigenvalue weighted by Gasteiger charge is 2.14. The average Bonchev–Trinajstić information content (AvgIpc) is 3.02. The van der Waals surface area contributed by atoms with Gasteiger partial charge < -0.3 is 4.57 Å². The lowest BCUT2D eigenvalue weighted by atomic mass is 10.2. The van der Waals surface area contributed by atoms with E-state index in [9.17, 15) is 4.39 Å². The van der Waals surface area contributed by atoms with Crippen molar-refractivity contribution in [2.75, 3.05) is 7.05 Å². The monoisotopic (exact) mass is 393 g/mol. The fourth-order valence-electron chi connectivity index (χ4n) is 3.41. The van der Waals surface area contributed by atoms with E-state index < -0.39 is 0 Å². The summed E-state index contributed by atoms with van der Waals surface area (Å²) in [6, 6.07) is 22.6. The van der Waals surface area contributed by atoms with E-state index in [1.54, 1.807) is 0 Å². The highest BCUT2D eigenvalue weighted by molar-refractivity contribution is 6.31. The van der Waals surface area contributed by atoms with Crippen LogP contribution >= 0.6 is 11.6 Å². The predicted octanol–water partition coefficient (Wildman–Crippen LogP) is 5.51. The van der Waals surface area contributed by atoms with E-state index in [1.807, 2.05) is 54.6 Å². The number of benzene rings is 3. The summed E-state index contributed by atoms with van der Waals surface area (Å²) in [5.74, 6) is 0.749. The molecular formula is C23H21ClFN3. The molecule has 0 saturated carbocycles. The van der Waals surface area contributed by atoms with Crippen LogP contribution in [-0.2, 0) is 19.6 Å². The van der Waals surface area contributed by atoms with E-state index in [4.69, 9.17) is 16.6 Å². The summed E-state index contributed by atoms with van der Waals surface area (Å²) >= 11 is 6.31. The second-order valence-corrected chi connectivity index (χ2v) is 7.40. The molecule has 0 saturated heterocycles. The lowest BCUT2D eigenvalue weighted by molar-refractivity contribution is 0.306. The fourth-order valence-corrected chi connectivity index (χ4v) is 3.61. The third-order valence-electron chi connectivity index (χ3n) is 4.80. The standard InChI is InChI=1S/C23H21ClFN3/c1-27(15-18-6-2-3-7-20(18)24)16-23-26-21-8-4-5-9-22(21)28(23)14-17-10-12-19(25)13-11-17/h2-13H,14-16H2,1H3. The van der Waals surface area contributed by atoms with Gasteiger partial charge in [-0.25, -0.2) is 9.37 Å². The van der Waals surface area contributed by atoms with Crippen LogP contribution in [0.5, 0.6) is 0 Å². The molecule has 1 aromatic heterocycles. The molecule has 4 rings (SSSR count). The lowest BCUT2D eigenvalue weighted by Gasteiger charge is -2.18. The summed E-state index contributed by atoms with van der Waals surface area (Å²) in [4.78, 5) is 7.04. The molecule has 0 spiro atoms. The van der Waals surface area contributed by atoms with E-state index in [-0.39, 0.29) is 5.82 Å². The van der Waals surface area contributed by atoms with Gasteiger partial charge in [0.15, 0.2) is 0 Å². The zero-order chi connectivity index (χ0) is 19.5. The Kier molecular flexibility index (Phi) is 5.42. The van der Waals surface area contributed by atoms with Gasteiger partial charge in [-0.1, -0.05) is 54.1 Å². The van der Waals surface area contributed by atoms with Gasteiger partial charge in [0.2, 0.25) is 0 Å². The van der Waals surface area contributed by atoms with Crippen molar-refractivity contribution >= 4 is 22.6 Å². The maximum absolute atomic E-state index is 13.3. The molecular weight excluding hydrogens is 373 g/mol. The van der Waals surface area contributed by atoms with Crippen molar-refractivity contribution in [3.05, 3.63) is 101 Å². The van der Waals surface area contributed by atoms with Crippen molar-refractivity contribution in [1.29, 1.82) is 0 Å². The molecule has 0 unspecified atom stereocenters. The molecule has 5 heteroatoms. The minimum atomic E-state index is -0.223. The molecule has 3 aromatic carbocycles. The van der Waals surface area contributed by atoms with Crippen LogP contribution in [-0.4, -0.2) is 21.5 Å². The zero-order valence-corrected chi connectivity index (χ0v) is 16.4. The van der Waals surface area contributed by atoms with Gasteiger partial charge in [0.1, 0.15) is 11.6 Å². The zero-order valence-electron chi connectivity index (χ0n) is 15.6. The van der Waals surface area contributed by atoms with Gasteiger partial charge >= 0.3 is 0 Å². The summed E-state index contributed by atoms with van der Waals surface area (Å²) in [5.41, 5.74) is 4.17. The maximum atomic E-state index is 13.3. The second-order valence-electron chi connectivity index (χ2n) is 6.99. The first-order chi connectivity index (χ1) is 13.6. The Balaban J connectivity index is 1.62. The van der Waals surface area contributed by atoms with E-state index in [0.29, 0.717) is 13.1 Å². The SMILES string of the molecule is CN(Cc1ccccc1Cl)Cc1nc2ccccc2n1Cc1ccc(F)cc1. The smallest absolute Gasteiger partial charge is 0.124 e. The number of halogens is 2.